The first-order valence-electron chi connectivity index (χ1n) is 5.71. The van der Waals surface area contributed by atoms with Crippen LogP contribution in [-0.4, -0.2) is 7.05 Å². The maximum atomic E-state index is 14.2. The second-order valence-corrected chi connectivity index (χ2v) is 6.27. The molecule has 1 nitrogen and oxygen atoms in total. The van der Waals surface area contributed by atoms with Gasteiger partial charge in [0.2, 0.25) is 0 Å². The van der Waals surface area contributed by atoms with E-state index < -0.39 is 17.7 Å². The van der Waals surface area contributed by atoms with Gasteiger partial charge in [0.15, 0.2) is 0 Å². The monoisotopic (exact) mass is 423 g/mol. The zero-order valence-electron chi connectivity index (χ0n) is 10.4. The van der Waals surface area contributed by atoms with Gasteiger partial charge in [-0.05, 0) is 68.7 Å². The molecule has 0 heterocycles. The zero-order valence-corrected chi connectivity index (χ0v) is 14.3. The van der Waals surface area contributed by atoms with Gasteiger partial charge in [-0.15, -0.1) is 0 Å². The summed E-state index contributed by atoms with van der Waals surface area (Å²) in [5.74, 6) is -1.22. The second-order valence-electron chi connectivity index (χ2n) is 4.15. The Morgan fingerprint density at radius 3 is 2.40 bits per heavy atom. The molecule has 0 amide bonds. The molecule has 0 aliphatic carbocycles. The van der Waals surface area contributed by atoms with Crippen LogP contribution in [0.15, 0.2) is 39.3 Å². The topological polar surface area (TPSA) is 12.0 Å². The Balaban J connectivity index is 2.58. The Labute approximate surface area is 137 Å². The van der Waals surface area contributed by atoms with Crippen molar-refractivity contribution in [2.45, 2.75) is 6.04 Å². The first kappa shape index (κ1) is 15.9. The molecule has 1 atom stereocenters. The van der Waals surface area contributed by atoms with E-state index in [1.54, 1.807) is 25.2 Å². The van der Waals surface area contributed by atoms with Crippen molar-refractivity contribution >= 4 is 43.5 Å². The average molecular weight is 425 g/mol. The third-order valence-electron chi connectivity index (χ3n) is 2.93. The second kappa shape index (κ2) is 6.52. The van der Waals surface area contributed by atoms with E-state index in [9.17, 15) is 8.78 Å². The van der Waals surface area contributed by atoms with E-state index in [1.807, 2.05) is 0 Å². The Morgan fingerprint density at radius 2 is 1.80 bits per heavy atom. The van der Waals surface area contributed by atoms with Crippen LogP contribution in [-0.2, 0) is 0 Å². The minimum Gasteiger partial charge on any atom is -0.309 e. The van der Waals surface area contributed by atoms with Gasteiger partial charge in [0.1, 0.15) is 11.6 Å². The van der Waals surface area contributed by atoms with Gasteiger partial charge < -0.3 is 5.32 Å². The highest BCUT2D eigenvalue weighted by Gasteiger charge is 2.22. The Hall–Kier alpha value is -0.490. The molecule has 0 bridgehead atoms. The molecule has 1 N–H and O–H groups in total. The molecule has 0 aliphatic heterocycles. The van der Waals surface area contributed by atoms with Crippen molar-refractivity contribution in [2.75, 3.05) is 7.05 Å². The van der Waals surface area contributed by atoms with Crippen molar-refractivity contribution < 1.29 is 8.78 Å². The average Bonchev–Trinajstić information content (AvgIpc) is 2.42. The van der Waals surface area contributed by atoms with Crippen LogP contribution in [0.5, 0.6) is 0 Å². The molecule has 0 aliphatic rings. The lowest BCUT2D eigenvalue weighted by molar-refractivity contribution is 0.518. The molecular weight excluding hydrogens is 415 g/mol. The minimum atomic E-state index is -0.615. The van der Waals surface area contributed by atoms with Crippen molar-refractivity contribution in [3.8, 4) is 0 Å². The number of rotatable bonds is 3. The van der Waals surface area contributed by atoms with Crippen LogP contribution in [0.2, 0.25) is 5.02 Å². The third kappa shape index (κ3) is 3.06. The number of nitrogens with one attached hydrogen (secondary N) is 1. The van der Waals surface area contributed by atoms with E-state index in [0.717, 1.165) is 0 Å². The van der Waals surface area contributed by atoms with E-state index >= 15 is 0 Å². The highest BCUT2D eigenvalue weighted by atomic mass is 79.9. The van der Waals surface area contributed by atoms with E-state index in [4.69, 9.17) is 11.6 Å². The molecule has 106 valence electrons. The number of benzene rings is 2. The fraction of sp³-hybridized carbons (Fsp3) is 0.143. The lowest BCUT2D eigenvalue weighted by atomic mass is 9.98. The fourth-order valence-corrected chi connectivity index (χ4v) is 2.84. The summed E-state index contributed by atoms with van der Waals surface area (Å²) < 4.78 is 29.1. The molecule has 0 saturated heterocycles. The largest absolute Gasteiger partial charge is 0.309 e. The summed E-state index contributed by atoms with van der Waals surface area (Å²) in [4.78, 5) is 0. The van der Waals surface area contributed by atoms with E-state index in [2.05, 4.69) is 37.2 Å². The van der Waals surface area contributed by atoms with Crippen molar-refractivity contribution in [1.29, 1.82) is 0 Å². The molecule has 6 heteroatoms. The van der Waals surface area contributed by atoms with Gasteiger partial charge >= 0.3 is 0 Å². The lowest BCUT2D eigenvalue weighted by Crippen LogP contribution is -2.20. The molecule has 2 aromatic carbocycles. The SMILES string of the molecule is CNC(c1ccc(Cl)c(Br)c1)c1c(F)ccc(Br)c1F. The Morgan fingerprint density at radius 1 is 1.10 bits per heavy atom. The van der Waals surface area contributed by atoms with Gasteiger partial charge in [0, 0.05) is 10.0 Å². The fourth-order valence-electron chi connectivity index (χ4n) is 1.98. The maximum absolute atomic E-state index is 14.2. The molecule has 0 radical (unpaired) electrons. The van der Waals surface area contributed by atoms with Gasteiger partial charge in [-0.2, -0.15) is 0 Å². The van der Waals surface area contributed by atoms with Crippen LogP contribution in [0.1, 0.15) is 17.2 Å². The van der Waals surface area contributed by atoms with Crippen LogP contribution in [0.25, 0.3) is 0 Å². The minimum absolute atomic E-state index is 0.0314. The Bertz CT molecular complexity index is 649. The maximum Gasteiger partial charge on any atom is 0.145 e. The summed E-state index contributed by atoms with van der Waals surface area (Å²) in [5.41, 5.74) is 0.677. The Kier molecular flexibility index (Phi) is 5.18. The quantitative estimate of drug-likeness (QED) is 0.645. The van der Waals surface area contributed by atoms with E-state index in [-0.39, 0.29) is 10.0 Å². The van der Waals surface area contributed by atoms with Crippen molar-refractivity contribution in [1.82, 2.24) is 5.32 Å². The van der Waals surface area contributed by atoms with Crippen LogP contribution in [0.4, 0.5) is 8.78 Å². The smallest absolute Gasteiger partial charge is 0.145 e. The van der Waals surface area contributed by atoms with Crippen LogP contribution >= 0.6 is 43.5 Å². The van der Waals surface area contributed by atoms with Crippen LogP contribution < -0.4 is 5.32 Å². The van der Waals surface area contributed by atoms with Crippen LogP contribution in [0.3, 0.4) is 0 Å². The molecule has 20 heavy (non-hydrogen) atoms. The van der Waals surface area contributed by atoms with Gasteiger partial charge in [0.05, 0.1) is 15.5 Å². The molecule has 2 aromatic rings. The first-order chi connectivity index (χ1) is 9.45. The van der Waals surface area contributed by atoms with E-state index in [0.29, 0.717) is 15.1 Å². The molecule has 0 saturated carbocycles. The van der Waals surface area contributed by atoms with Gasteiger partial charge in [-0.3, -0.25) is 0 Å². The number of hydrogen-bond donors (Lipinski definition) is 1. The standard InChI is InChI=1S/C14H10Br2ClF2N/c1-20-14(7-2-4-10(17)9(16)6-7)12-11(18)5-3-8(15)13(12)19/h2-6,14,20H,1H3. The van der Waals surface area contributed by atoms with Crippen LogP contribution in [0, 0.1) is 11.6 Å². The highest BCUT2D eigenvalue weighted by Crippen LogP contribution is 2.33. The van der Waals surface area contributed by atoms with Gasteiger partial charge in [-0.25, -0.2) is 8.78 Å². The molecule has 2 rings (SSSR count). The molecule has 0 fully saturated rings. The van der Waals surface area contributed by atoms with Gasteiger partial charge in [0.25, 0.3) is 0 Å². The van der Waals surface area contributed by atoms with Crippen molar-refractivity contribution in [3.63, 3.8) is 0 Å². The van der Waals surface area contributed by atoms with Crippen molar-refractivity contribution in [3.05, 3.63) is 67.1 Å². The predicted octanol–water partition coefficient (Wildman–Crippen LogP) is 5.45. The molecular formula is C14H10Br2ClF2N. The summed E-state index contributed by atoms with van der Waals surface area (Å²) in [5, 5.41) is 3.47. The molecule has 0 spiro atoms. The summed E-state index contributed by atoms with van der Waals surface area (Å²) in [6.07, 6.45) is 0. The van der Waals surface area contributed by atoms with Crippen molar-refractivity contribution in [2.24, 2.45) is 0 Å². The first-order valence-corrected chi connectivity index (χ1v) is 7.67. The van der Waals surface area contributed by atoms with Gasteiger partial charge in [-0.1, -0.05) is 17.7 Å². The molecule has 0 aromatic heterocycles. The van der Waals surface area contributed by atoms with E-state index in [1.165, 1.54) is 12.1 Å². The lowest BCUT2D eigenvalue weighted by Gasteiger charge is -2.19. The highest BCUT2D eigenvalue weighted by molar-refractivity contribution is 9.10. The summed E-state index contributed by atoms with van der Waals surface area (Å²) in [6, 6.07) is 7.12. The number of hydrogen-bond acceptors (Lipinski definition) is 1. The normalized spacial score (nSPS) is 12.5. The predicted molar refractivity (Wildman–Crippen MR) is 84.1 cm³/mol. The molecule has 1 unspecified atom stereocenters. The summed E-state index contributed by atoms with van der Waals surface area (Å²) in [6.45, 7) is 0. The summed E-state index contributed by atoms with van der Waals surface area (Å²) in [7, 11) is 1.65. The summed E-state index contributed by atoms with van der Waals surface area (Å²) >= 11 is 12.3. The number of halogens is 5. The third-order valence-corrected chi connectivity index (χ3v) is 4.76. The zero-order chi connectivity index (χ0) is 14.9.